The highest BCUT2D eigenvalue weighted by atomic mass is 79.9. The Bertz CT molecular complexity index is 1440. The van der Waals surface area contributed by atoms with E-state index in [4.69, 9.17) is 18.9 Å². The number of methoxy groups -OCH3 is 2. The summed E-state index contributed by atoms with van der Waals surface area (Å²) in [6.45, 7) is 0.444. The summed E-state index contributed by atoms with van der Waals surface area (Å²) < 4.78 is 48.6. The van der Waals surface area contributed by atoms with Crippen LogP contribution >= 0.6 is 27.3 Å². The third-order valence-electron chi connectivity index (χ3n) is 5.52. The number of sulfonamides is 1. The highest BCUT2D eigenvalue weighted by Crippen LogP contribution is 2.33. The summed E-state index contributed by atoms with van der Waals surface area (Å²) in [5.41, 5.74) is 1.38. The molecule has 1 aliphatic rings. The molecule has 14 heteroatoms. The van der Waals surface area contributed by atoms with Crippen LogP contribution in [-0.4, -0.2) is 76.7 Å². The molecule has 0 bridgehead atoms. The summed E-state index contributed by atoms with van der Waals surface area (Å²) in [5, 5.41) is 4.67. The fourth-order valence-corrected chi connectivity index (χ4v) is 6.68. The molecular weight excluding hydrogens is 602 g/mol. The highest BCUT2D eigenvalue weighted by molar-refractivity contribution is 9.10. The second kappa shape index (κ2) is 12.2. The van der Waals surface area contributed by atoms with Gasteiger partial charge in [0.25, 0.3) is 5.91 Å². The molecule has 202 valence electrons. The molecular formula is C24H24BrN3O8S2. The van der Waals surface area contributed by atoms with E-state index in [2.05, 4.69) is 26.2 Å². The number of esters is 1. The van der Waals surface area contributed by atoms with Gasteiger partial charge in [-0.1, -0.05) is 0 Å². The molecule has 0 saturated carbocycles. The first-order chi connectivity index (χ1) is 18.2. The van der Waals surface area contributed by atoms with Gasteiger partial charge in [0, 0.05) is 28.5 Å². The van der Waals surface area contributed by atoms with E-state index in [1.165, 1.54) is 41.0 Å². The third kappa shape index (κ3) is 6.32. The number of hydrogen-bond acceptors (Lipinski definition) is 10. The number of amides is 1. The standard InChI is InChI=1S/C24H24BrN3O8S2/c1-33-19-6-4-15(11-20(19)34-2)18-14-37-24(26-18)27-22(29)13-36-23(30)16-3-5-17(25)21(12-16)38(31,32)28-7-9-35-10-8-28/h3-6,11-12,14H,7-10,13H2,1-2H3,(H,26,27,29). The Morgan fingerprint density at radius 2 is 1.84 bits per heavy atom. The van der Waals surface area contributed by atoms with Gasteiger partial charge in [0.15, 0.2) is 23.2 Å². The smallest absolute Gasteiger partial charge is 0.338 e. The number of carbonyl (C=O) groups excluding carboxylic acids is 2. The molecule has 1 aliphatic heterocycles. The van der Waals surface area contributed by atoms with Crippen molar-refractivity contribution in [1.29, 1.82) is 0 Å². The number of halogens is 1. The number of hydrogen-bond donors (Lipinski definition) is 1. The van der Waals surface area contributed by atoms with E-state index in [1.54, 1.807) is 24.6 Å². The minimum Gasteiger partial charge on any atom is -0.493 e. The first kappa shape index (κ1) is 28.0. The van der Waals surface area contributed by atoms with Crippen LogP contribution in [0.5, 0.6) is 11.5 Å². The molecule has 1 N–H and O–H groups in total. The molecule has 4 rings (SSSR count). The number of anilines is 1. The molecule has 0 radical (unpaired) electrons. The summed E-state index contributed by atoms with van der Waals surface area (Å²) in [6.07, 6.45) is 0. The van der Waals surface area contributed by atoms with Crippen LogP contribution in [0.1, 0.15) is 10.4 Å². The zero-order valence-corrected chi connectivity index (χ0v) is 23.7. The van der Waals surface area contributed by atoms with Crippen molar-refractivity contribution in [3.63, 3.8) is 0 Å². The van der Waals surface area contributed by atoms with Gasteiger partial charge >= 0.3 is 5.97 Å². The summed E-state index contributed by atoms with van der Waals surface area (Å²) in [6, 6.07) is 9.44. The van der Waals surface area contributed by atoms with Crippen LogP contribution in [0, 0.1) is 0 Å². The zero-order valence-electron chi connectivity index (χ0n) is 20.4. The molecule has 2 aromatic carbocycles. The molecule has 3 aromatic rings. The van der Waals surface area contributed by atoms with Crippen molar-refractivity contribution in [3.05, 3.63) is 51.8 Å². The van der Waals surface area contributed by atoms with Gasteiger partial charge in [-0.3, -0.25) is 10.1 Å². The van der Waals surface area contributed by atoms with Crippen molar-refractivity contribution in [1.82, 2.24) is 9.29 Å². The lowest BCUT2D eigenvalue weighted by Gasteiger charge is -2.26. The lowest BCUT2D eigenvalue weighted by atomic mass is 10.1. The van der Waals surface area contributed by atoms with E-state index in [0.29, 0.717) is 40.0 Å². The predicted octanol–water partition coefficient (Wildman–Crippen LogP) is 3.41. The van der Waals surface area contributed by atoms with Gasteiger partial charge in [-0.2, -0.15) is 4.31 Å². The normalized spacial score (nSPS) is 14.1. The molecule has 0 spiro atoms. The molecule has 38 heavy (non-hydrogen) atoms. The van der Waals surface area contributed by atoms with Gasteiger partial charge in [0.2, 0.25) is 10.0 Å². The third-order valence-corrected chi connectivity index (χ3v) is 9.17. The molecule has 1 fully saturated rings. The van der Waals surface area contributed by atoms with E-state index < -0.39 is 28.5 Å². The lowest BCUT2D eigenvalue weighted by molar-refractivity contribution is -0.119. The molecule has 1 saturated heterocycles. The van der Waals surface area contributed by atoms with E-state index in [9.17, 15) is 18.0 Å². The molecule has 1 amide bonds. The maximum atomic E-state index is 13.0. The van der Waals surface area contributed by atoms with Crippen LogP contribution in [0.4, 0.5) is 5.13 Å². The Labute approximate surface area is 231 Å². The van der Waals surface area contributed by atoms with E-state index in [0.717, 1.165) is 5.56 Å². The Kier molecular flexibility index (Phi) is 8.99. The quantitative estimate of drug-likeness (QED) is 0.355. The largest absolute Gasteiger partial charge is 0.493 e. The second-order valence-electron chi connectivity index (χ2n) is 7.89. The summed E-state index contributed by atoms with van der Waals surface area (Å²) in [5.74, 6) is -0.302. The maximum absolute atomic E-state index is 13.0. The van der Waals surface area contributed by atoms with Crippen LogP contribution in [0.25, 0.3) is 11.3 Å². The van der Waals surface area contributed by atoms with E-state index in [1.807, 2.05) is 6.07 Å². The Morgan fingerprint density at radius 3 is 2.55 bits per heavy atom. The number of carbonyl (C=O) groups is 2. The lowest BCUT2D eigenvalue weighted by Crippen LogP contribution is -2.40. The van der Waals surface area contributed by atoms with Crippen molar-refractivity contribution in [2.45, 2.75) is 4.90 Å². The van der Waals surface area contributed by atoms with Crippen LogP contribution < -0.4 is 14.8 Å². The highest BCUT2D eigenvalue weighted by Gasteiger charge is 2.29. The molecule has 2 heterocycles. The number of nitrogens with one attached hydrogen (secondary N) is 1. The first-order valence-corrected chi connectivity index (χ1v) is 14.4. The number of thiazole rings is 1. The van der Waals surface area contributed by atoms with Crippen molar-refractivity contribution in [2.24, 2.45) is 0 Å². The van der Waals surface area contributed by atoms with Crippen LogP contribution in [0.2, 0.25) is 0 Å². The number of nitrogens with zero attached hydrogens (tertiary/aromatic N) is 2. The number of benzene rings is 2. The number of aromatic nitrogens is 1. The van der Waals surface area contributed by atoms with Crippen molar-refractivity contribution in [2.75, 3.05) is 52.4 Å². The Balaban J connectivity index is 1.38. The average Bonchev–Trinajstić information content (AvgIpc) is 3.40. The minimum absolute atomic E-state index is 0.00202. The predicted molar refractivity (Wildman–Crippen MR) is 143 cm³/mol. The van der Waals surface area contributed by atoms with Crippen LogP contribution in [0.15, 0.2) is 51.1 Å². The molecule has 0 aliphatic carbocycles. The number of ether oxygens (including phenoxy) is 4. The first-order valence-electron chi connectivity index (χ1n) is 11.2. The zero-order chi connectivity index (χ0) is 27.3. The molecule has 1 aromatic heterocycles. The average molecular weight is 627 g/mol. The Hall–Kier alpha value is -3.04. The number of morpholine rings is 1. The molecule has 11 nitrogen and oxygen atoms in total. The monoisotopic (exact) mass is 625 g/mol. The summed E-state index contributed by atoms with van der Waals surface area (Å²) >= 11 is 4.45. The van der Waals surface area contributed by atoms with Crippen molar-refractivity contribution < 1.29 is 37.0 Å². The fourth-order valence-electron chi connectivity index (χ4n) is 3.58. The molecule has 0 unspecified atom stereocenters. The van der Waals surface area contributed by atoms with Gasteiger partial charge in [-0.05, 0) is 52.3 Å². The Morgan fingerprint density at radius 1 is 1.11 bits per heavy atom. The summed E-state index contributed by atoms with van der Waals surface area (Å²) in [4.78, 5) is 29.3. The van der Waals surface area contributed by atoms with Gasteiger partial charge in [0.05, 0.1) is 43.6 Å². The van der Waals surface area contributed by atoms with E-state index in [-0.39, 0.29) is 23.5 Å². The van der Waals surface area contributed by atoms with E-state index >= 15 is 0 Å². The topological polar surface area (TPSA) is 133 Å². The second-order valence-corrected chi connectivity index (χ2v) is 11.5. The number of rotatable bonds is 9. The SMILES string of the molecule is COc1ccc(-c2csc(NC(=O)COC(=O)c3ccc(Br)c(S(=O)(=O)N4CCOCC4)c3)n2)cc1OC. The van der Waals surface area contributed by atoms with Crippen molar-refractivity contribution >= 4 is 54.3 Å². The summed E-state index contributed by atoms with van der Waals surface area (Å²) in [7, 11) is -0.771. The van der Waals surface area contributed by atoms with Crippen molar-refractivity contribution in [3.8, 4) is 22.8 Å². The fraction of sp³-hybridized carbons (Fsp3) is 0.292. The van der Waals surface area contributed by atoms with Gasteiger partial charge in [0.1, 0.15) is 0 Å². The molecule has 0 atom stereocenters. The minimum atomic E-state index is -3.85. The van der Waals surface area contributed by atoms with Crippen LogP contribution in [0.3, 0.4) is 0 Å². The van der Waals surface area contributed by atoms with Gasteiger partial charge < -0.3 is 18.9 Å². The maximum Gasteiger partial charge on any atom is 0.338 e. The van der Waals surface area contributed by atoms with Gasteiger partial charge in [-0.15, -0.1) is 11.3 Å². The van der Waals surface area contributed by atoms with Gasteiger partial charge in [-0.25, -0.2) is 18.2 Å². The van der Waals surface area contributed by atoms with Crippen LogP contribution in [-0.2, 0) is 24.3 Å².